The van der Waals surface area contributed by atoms with Gasteiger partial charge < -0.3 is 5.32 Å². The van der Waals surface area contributed by atoms with E-state index in [2.05, 4.69) is 19.2 Å². The Morgan fingerprint density at radius 1 is 1.09 bits per heavy atom. The van der Waals surface area contributed by atoms with E-state index in [1.807, 2.05) is 42.2 Å². The molecule has 5 nitrogen and oxygen atoms in total. The molecule has 0 unspecified atom stereocenters. The highest BCUT2D eigenvalue weighted by atomic mass is 32.2. The number of nitrogens with zero attached hydrogens (tertiary/aromatic N) is 1. The molecule has 0 radical (unpaired) electrons. The zero-order valence-electron chi connectivity index (χ0n) is 14.0. The Morgan fingerprint density at radius 2 is 1.65 bits per heavy atom. The zero-order chi connectivity index (χ0) is 17.0. The highest BCUT2D eigenvalue weighted by Crippen LogP contribution is 2.23. The standard InChI is InChI=1S/C17H26N2O3S/c1-13(2)14(3)18-17(20)16(15-7-5-4-6-8-15)19-9-11-23(21,22)12-10-19/h4-8,13-14,16H,9-12H2,1-3H3,(H,18,20)/t14-,16-/m0/s1. The lowest BCUT2D eigenvalue weighted by Gasteiger charge is -2.34. The second-order valence-corrected chi connectivity index (χ2v) is 8.85. The van der Waals surface area contributed by atoms with Crippen molar-refractivity contribution in [3.8, 4) is 0 Å². The van der Waals surface area contributed by atoms with Crippen LogP contribution in [0, 0.1) is 5.92 Å². The Morgan fingerprint density at radius 3 is 2.17 bits per heavy atom. The number of amides is 1. The molecule has 1 aliphatic heterocycles. The maximum atomic E-state index is 12.8. The van der Waals surface area contributed by atoms with Gasteiger partial charge in [-0.3, -0.25) is 9.69 Å². The number of benzene rings is 1. The predicted molar refractivity (Wildman–Crippen MR) is 91.9 cm³/mol. The molecule has 0 spiro atoms. The van der Waals surface area contributed by atoms with E-state index in [1.165, 1.54) is 0 Å². The van der Waals surface area contributed by atoms with Crippen LogP contribution in [0.15, 0.2) is 30.3 Å². The summed E-state index contributed by atoms with van der Waals surface area (Å²) in [6.45, 7) is 6.91. The first-order valence-corrected chi connectivity index (χ1v) is 9.92. The maximum Gasteiger partial charge on any atom is 0.242 e. The van der Waals surface area contributed by atoms with Crippen LogP contribution in [0.25, 0.3) is 0 Å². The van der Waals surface area contributed by atoms with Crippen LogP contribution in [0.1, 0.15) is 32.4 Å². The number of sulfone groups is 1. The van der Waals surface area contributed by atoms with Crippen LogP contribution in [0.2, 0.25) is 0 Å². The van der Waals surface area contributed by atoms with Gasteiger partial charge in [0.05, 0.1) is 11.5 Å². The maximum absolute atomic E-state index is 12.8. The number of nitrogens with one attached hydrogen (secondary N) is 1. The molecule has 1 saturated heterocycles. The minimum atomic E-state index is -2.97. The monoisotopic (exact) mass is 338 g/mol. The number of rotatable bonds is 5. The van der Waals surface area contributed by atoms with Gasteiger partial charge in [0.25, 0.3) is 0 Å². The molecule has 2 rings (SSSR count). The lowest BCUT2D eigenvalue weighted by Crippen LogP contribution is -2.49. The van der Waals surface area contributed by atoms with Crippen molar-refractivity contribution in [1.82, 2.24) is 10.2 Å². The lowest BCUT2D eigenvalue weighted by molar-refractivity contribution is -0.127. The fourth-order valence-electron chi connectivity index (χ4n) is 2.62. The van der Waals surface area contributed by atoms with Gasteiger partial charge in [0.2, 0.25) is 5.91 Å². The molecule has 128 valence electrons. The van der Waals surface area contributed by atoms with Gasteiger partial charge in [-0.2, -0.15) is 0 Å². The molecule has 1 amide bonds. The summed E-state index contributed by atoms with van der Waals surface area (Å²) in [7, 11) is -2.97. The predicted octanol–water partition coefficient (Wildman–Crippen LogP) is 1.62. The fraction of sp³-hybridized carbons (Fsp3) is 0.588. The molecule has 1 heterocycles. The van der Waals surface area contributed by atoms with Crippen LogP contribution < -0.4 is 5.32 Å². The zero-order valence-corrected chi connectivity index (χ0v) is 14.8. The van der Waals surface area contributed by atoms with E-state index < -0.39 is 15.9 Å². The van der Waals surface area contributed by atoms with Crippen molar-refractivity contribution in [3.05, 3.63) is 35.9 Å². The van der Waals surface area contributed by atoms with Crippen molar-refractivity contribution in [1.29, 1.82) is 0 Å². The van der Waals surface area contributed by atoms with E-state index in [4.69, 9.17) is 0 Å². The third kappa shape index (κ3) is 4.78. The van der Waals surface area contributed by atoms with Gasteiger partial charge in [0, 0.05) is 19.1 Å². The first-order valence-electron chi connectivity index (χ1n) is 8.10. The molecule has 0 saturated carbocycles. The van der Waals surface area contributed by atoms with Gasteiger partial charge in [-0.15, -0.1) is 0 Å². The van der Waals surface area contributed by atoms with Crippen molar-refractivity contribution >= 4 is 15.7 Å². The van der Waals surface area contributed by atoms with E-state index in [0.29, 0.717) is 19.0 Å². The van der Waals surface area contributed by atoms with Gasteiger partial charge in [0.15, 0.2) is 9.84 Å². The SMILES string of the molecule is CC(C)[C@H](C)NC(=O)[C@H](c1ccccc1)N1CCS(=O)(=O)CC1. The van der Waals surface area contributed by atoms with Crippen LogP contribution in [0.4, 0.5) is 0 Å². The van der Waals surface area contributed by atoms with Crippen LogP contribution >= 0.6 is 0 Å². The molecular formula is C17H26N2O3S. The molecule has 0 aliphatic carbocycles. The molecule has 6 heteroatoms. The lowest BCUT2D eigenvalue weighted by atomic mass is 10.0. The number of carbonyl (C=O) groups excluding carboxylic acids is 1. The molecule has 1 aliphatic rings. The van der Waals surface area contributed by atoms with Gasteiger partial charge in [-0.05, 0) is 18.4 Å². The summed E-state index contributed by atoms with van der Waals surface area (Å²) in [6.07, 6.45) is 0. The van der Waals surface area contributed by atoms with E-state index in [1.54, 1.807) is 0 Å². The van der Waals surface area contributed by atoms with Crippen molar-refractivity contribution in [2.45, 2.75) is 32.9 Å². The van der Waals surface area contributed by atoms with Crippen LogP contribution in [0.3, 0.4) is 0 Å². The average molecular weight is 338 g/mol. The quantitative estimate of drug-likeness (QED) is 0.886. The Bertz CT molecular complexity index is 614. The van der Waals surface area contributed by atoms with Gasteiger partial charge in [-0.1, -0.05) is 44.2 Å². The first kappa shape index (κ1) is 17.9. The van der Waals surface area contributed by atoms with E-state index in [0.717, 1.165) is 5.56 Å². The Hall–Kier alpha value is -1.40. The van der Waals surface area contributed by atoms with E-state index >= 15 is 0 Å². The van der Waals surface area contributed by atoms with Crippen LogP contribution in [-0.4, -0.2) is 49.9 Å². The van der Waals surface area contributed by atoms with E-state index in [-0.39, 0.29) is 23.5 Å². The van der Waals surface area contributed by atoms with E-state index in [9.17, 15) is 13.2 Å². The van der Waals surface area contributed by atoms with Gasteiger partial charge in [-0.25, -0.2) is 8.42 Å². The molecule has 1 N–H and O–H groups in total. The summed E-state index contributed by atoms with van der Waals surface area (Å²) in [5.74, 6) is 0.515. The second kappa shape index (κ2) is 7.45. The summed E-state index contributed by atoms with van der Waals surface area (Å²) >= 11 is 0. The summed E-state index contributed by atoms with van der Waals surface area (Å²) < 4.78 is 23.3. The summed E-state index contributed by atoms with van der Waals surface area (Å²) in [4.78, 5) is 14.8. The topological polar surface area (TPSA) is 66.5 Å². The molecule has 23 heavy (non-hydrogen) atoms. The molecule has 0 bridgehead atoms. The van der Waals surface area contributed by atoms with Gasteiger partial charge in [0.1, 0.15) is 6.04 Å². The highest BCUT2D eigenvalue weighted by molar-refractivity contribution is 7.91. The summed E-state index contributed by atoms with van der Waals surface area (Å²) in [5, 5.41) is 3.07. The van der Waals surface area contributed by atoms with Crippen LogP contribution in [0.5, 0.6) is 0 Å². The average Bonchev–Trinajstić information content (AvgIpc) is 2.50. The van der Waals surface area contributed by atoms with Crippen LogP contribution in [-0.2, 0) is 14.6 Å². The number of hydrogen-bond acceptors (Lipinski definition) is 4. The minimum Gasteiger partial charge on any atom is -0.352 e. The molecule has 1 aromatic rings. The number of carbonyl (C=O) groups is 1. The third-order valence-electron chi connectivity index (χ3n) is 4.48. The Kier molecular flexibility index (Phi) is 5.81. The molecule has 0 aromatic heterocycles. The smallest absolute Gasteiger partial charge is 0.242 e. The normalized spacial score (nSPS) is 20.9. The van der Waals surface area contributed by atoms with Crippen molar-refractivity contribution < 1.29 is 13.2 Å². The Balaban J connectivity index is 2.21. The van der Waals surface area contributed by atoms with Crippen molar-refractivity contribution in [2.24, 2.45) is 5.92 Å². The molecule has 2 atom stereocenters. The first-order chi connectivity index (χ1) is 10.8. The summed E-state index contributed by atoms with van der Waals surface area (Å²) in [6, 6.07) is 9.20. The molecule has 1 aromatic carbocycles. The highest BCUT2D eigenvalue weighted by Gasteiger charge is 2.33. The van der Waals surface area contributed by atoms with Crippen molar-refractivity contribution in [2.75, 3.05) is 24.6 Å². The summed E-state index contributed by atoms with van der Waals surface area (Å²) in [5.41, 5.74) is 0.903. The number of hydrogen-bond donors (Lipinski definition) is 1. The fourth-order valence-corrected chi connectivity index (χ4v) is 3.85. The van der Waals surface area contributed by atoms with Gasteiger partial charge >= 0.3 is 0 Å². The third-order valence-corrected chi connectivity index (χ3v) is 6.09. The molecular weight excluding hydrogens is 312 g/mol. The largest absolute Gasteiger partial charge is 0.352 e. The molecule has 1 fully saturated rings. The minimum absolute atomic E-state index is 0.0586. The second-order valence-electron chi connectivity index (χ2n) is 6.54. The van der Waals surface area contributed by atoms with Crippen molar-refractivity contribution in [3.63, 3.8) is 0 Å². The Labute approximate surface area is 139 Å².